The van der Waals surface area contributed by atoms with Gasteiger partial charge in [-0.2, -0.15) is 10.3 Å². The van der Waals surface area contributed by atoms with Crippen molar-refractivity contribution in [1.82, 2.24) is 20.0 Å². The minimum atomic E-state index is -0.228. The number of aliphatic hydroxyl groups excluding tert-OH is 2. The van der Waals surface area contributed by atoms with Crippen LogP contribution in [-0.4, -0.2) is 126 Å². The van der Waals surface area contributed by atoms with Crippen LogP contribution in [0.15, 0.2) is 58.5 Å². The molecule has 5 heterocycles. The number of aliphatic imine (C=N–C) groups is 2. The van der Waals surface area contributed by atoms with E-state index in [0.29, 0.717) is 36.5 Å². The molecule has 0 radical (unpaired) electrons. The molecule has 7 rings (SSSR count). The summed E-state index contributed by atoms with van der Waals surface area (Å²) < 4.78 is 0. The highest BCUT2D eigenvalue weighted by Gasteiger charge is 2.38. The molecule has 4 atom stereocenters. The molecule has 2 aromatic rings. The van der Waals surface area contributed by atoms with E-state index in [9.17, 15) is 10.2 Å². The lowest BCUT2D eigenvalue weighted by Crippen LogP contribution is -2.48. The fraction of sp³-hybridized carbons (Fsp3) is 0.615. The quantitative estimate of drug-likeness (QED) is 0.289. The Balaban J connectivity index is 0.000000252. The number of nitrogens with zero attached hydrogens (tertiary/aromatic N) is 6. The van der Waals surface area contributed by atoms with E-state index in [-0.39, 0.29) is 19.6 Å². The normalized spacial score (nSPS) is 25.2. The van der Waals surface area contributed by atoms with Gasteiger partial charge in [-0.25, -0.2) is 4.99 Å². The molecule has 7 N–H and O–H groups in total. The molecule has 13 heteroatoms. The number of β-amino-alcohol motifs (C(OH)–C–C–N with tert-alkyl or cyclic N) is 2. The lowest BCUT2D eigenvalue weighted by atomic mass is 9.99. The maximum atomic E-state index is 10.3. The number of benzene rings is 2. The van der Waals surface area contributed by atoms with Crippen molar-refractivity contribution in [3.8, 4) is 6.07 Å². The standard InChI is InChI=1S/C19H26ClN5O.C16H23ClN2O.C2H3N.CH5N.CH4/c20-14-3-1-13(2-4-14)9-16-10-17(26)12-25(16)15-5-7-24(8-6-15)19-22-11-18(21)23-19;17-13-3-1-12(2-4-13)9-15-10-16(20)11-19(15)14-5-7-18-8-6-14;1-2-3;1-2;/h1-4,15-17,26H,5-12H2,(H2,21,22,23);1-4,14-16,18,20H,5-11H2;1H3;2H2,1H3;1H4/t16-,17+;15-,16+;;;/m00.../s1. The van der Waals surface area contributed by atoms with E-state index >= 15 is 0 Å². The van der Waals surface area contributed by atoms with Gasteiger partial charge in [-0.05, 0) is 107 Å². The fourth-order valence-corrected chi connectivity index (χ4v) is 8.22. The molecule has 11 nitrogen and oxygen atoms in total. The Morgan fingerprint density at radius 2 is 1.23 bits per heavy atom. The van der Waals surface area contributed by atoms with Gasteiger partial charge in [0.2, 0.25) is 5.96 Å². The van der Waals surface area contributed by atoms with Gasteiger partial charge in [-0.15, -0.1) is 0 Å². The number of nitrogens with two attached hydrogens (primary N) is 2. The lowest BCUT2D eigenvalue weighted by molar-refractivity contribution is 0.109. The Kier molecular flexibility index (Phi) is 18.8. The van der Waals surface area contributed by atoms with Crippen molar-refractivity contribution in [2.75, 3.05) is 52.9 Å². The van der Waals surface area contributed by atoms with E-state index in [4.69, 9.17) is 34.2 Å². The second-order valence-electron chi connectivity index (χ2n) is 13.8. The first-order valence-electron chi connectivity index (χ1n) is 18.3. The number of nitrogens with one attached hydrogen (secondary N) is 1. The highest BCUT2D eigenvalue weighted by molar-refractivity contribution is 6.30. The number of hydrogen-bond acceptors (Lipinski definition) is 11. The molecule has 0 aliphatic carbocycles. The van der Waals surface area contributed by atoms with Gasteiger partial charge in [-0.3, -0.25) is 9.80 Å². The van der Waals surface area contributed by atoms with Crippen molar-refractivity contribution in [2.24, 2.45) is 21.5 Å². The van der Waals surface area contributed by atoms with Crippen molar-refractivity contribution < 1.29 is 10.2 Å². The summed E-state index contributed by atoms with van der Waals surface area (Å²) >= 11 is 11.9. The summed E-state index contributed by atoms with van der Waals surface area (Å²) in [6, 6.07) is 19.9. The highest BCUT2D eigenvalue weighted by Crippen LogP contribution is 2.30. The summed E-state index contributed by atoms with van der Waals surface area (Å²) in [4.78, 5) is 16.0. The van der Waals surface area contributed by atoms with Crippen LogP contribution in [-0.2, 0) is 12.8 Å². The molecule has 5 aliphatic heterocycles. The average Bonchev–Trinajstić information content (AvgIpc) is 3.86. The first-order valence-corrected chi connectivity index (χ1v) is 19.1. The van der Waals surface area contributed by atoms with E-state index in [1.165, 1.54) is 37.9 Å². The van der Waals surface area contributed by atoms with Crippen LogP contribution in [0.1, 0.15) is 64.0 Å². The lowest BCUT2D eigenvalue weighted by Gasteiger charge is -2.39. The minimum Gasteiger partial charge on any atom is -0.392 e. The van der Waals surface area contributed by atoms with Crippen molar-refractivity contribution in [1.29, 1.82) is 5.26 Å². The second-order valence-corrected chi connectivity index (χ2v) is 14.7. The Hall–Kier alpha value is -2.79. The third kappa shape index (κ3) is 13.0. The second kappa shape index (κ2) is 22.4. The van der Waals surface area contributed by atoms with Crippen LogP contribution in [0.3, 0.4) is 0 Å². The zero-order chi connectivity index (χ0) is 36.8. The van der Waals surface area contributed by atoms with Gasteiger partial charge in [-0.1, -0.05) is 54.9 Å². The van der Waals surface area contributed by atoms with Crippen LogP contribution in [0.4, 0.5) is 0 Å². The Morgan fingerprint density at radius 3 is 1.63 bits per heavy atom. The number of likely N-dealkylation sites (tertiary alicyclic amines) is 3. The van der Waals surface area contributed by atoms with Gasteiger partial charge in [0.25, 0.3) is 0 Å². The SMILES string of the molecule is C.CC#N.CN.NC1=NC(N2CCC(N3C[C@H](O)C[C@@H]3Cc3ccc(Cl)cc3)CC2)=NC1.O[C@@H]1C[C@H](Cc2ccc(Cl)cc2)N(C2CCNCC2)C1. The Labute approximate surface area is 321 Å². The number of hydrogen-bond donors (Lipinski definition) is 5. The van der Waals surface area contributed by atoms with Gasteiger partial charge >= 0.3 is 0 Å². The third-order valence-electron chi connectivity index (χ3n) is 10.3. The topological polar surface area (TPSA) is 163 Å². The molecule has 4 saturated heterocycles. The molecular weight excluding hydrogens is 697 g/mol. The predicted molar refractivity (Wildman–Crippen MR) is 215 cm³/mol. The van der Waals surface area contributed by atoms with Crippen LogP contribution in [0.5, 0.6) is 0 Å². The number of piperidine rings is 2. The fourth-order valence-electron chi connectivity index (χ4n) is 7.97. The van der Waals surface area contributed by atoms with Crippen molar-refractivity contribution >= 4 is 35.0 Å². The third-order valence-corrected chi connectivity index (χ3v) is 10.8. The number of nitriles is 1. The molecule has 288 valence electrons. The maximum absolute atomic E-state index is 10.3. The van der Waals surface area contributed by atoms with E-state index < -0.39 is 0 Å². The van der Waals surface area contributed by atoms with Crippen molar-refractivity contribution in [2.45, 2.75) is 102 Å². The predicted octanol–water partition coefficient (Wildman–Crippen LogP) is 4.32. The van der Waals surface area contributed by atoms with E-state index in [1.807, 2.05) is 24.3 Å². The summed E-state index contributed by atoms with van der Waals surface area (Å²) in [7, 11) is 1.50. The zero-order valence-corrected chi connectivity index (χ0v) is 31.7. The maximum Gasteiger partial charge on any atom is 0.222 e. The summed E-state index contributed by atoms with van der Waals surface area (Å²) in [6.07, 6.45) is 7.85. The van der Waals surface area contributed by atoms with Crippen molar-refractivity contribution in [3.05, 3.63) is 69.7 Å². The number of guanidine groups is 1. The summed E-state index contributed by atoms with van der Waals surface area (Å²) in [5.41, 5.74) is 12.8. The molecule has 2 aromatic carbocycles. The summed E-state index contributed by atoms with van der Waals surface area (Å²) in [5.74, 6) is 1.40. The van der Waals surface area contributed by atoms with E-state index in [0.717, 1.165) is 93.8 Å². The Morgan fingerprint density at radius 1 is 0.808 bits per heavy atom. The van der Waals surface area contributed by atoms with Crippen LogP contribution in [0, 0.1) is 11.3 Å². The number of halogens is 2. The first-order chi connectivity index (χ1) is 24.7. The van der Waals surface area contributed by atoms with Crippen LogP contribution < -0.4 is 16.8 Å². The molecule has 0 saturated carbocycles. The summed E-state index contributed by atoms with van der Waals surface area (Å²) in [5, 5.41) is 32.6. The highest BCUT2D eigenvalue weighted by atomic mass is 35.5. The van der Waals surface area contributed by atoms with Crippen molar-refractivity contribution in [3.63, 3.8) is 0 Å². The Bertz CT molecular complexity index is 1420. The number of aliphatic hydroxyl groups is 2. The molecule has 0 amide bonds. The monoisotopic (exact) mass is 757 g/mol. The molecule has 52 heavy (non-hydrogen) atoms. The molecule has 0 unspecified atom stereocenters. The summed E-state index contributed by atoms with van der Waals surface area (Å²) in [6.45, 7) is 7.66. The average molecular weight is 759 g/mol. The molecule has 0 spiro atoms. The molecular formula is C39H61Cl2N9O2. The molecule has 0 aromatic heterocycles. The minimum absolute atomic E-state index is 0. The van der Waals surface area contributed by atoms with E-state index in [2.05, 4.69) is 60.0 Å². The van der Waals surface area contributed by atoms with Crippen LogP contribution >= 0.6 is 23.2 Å². The van der Waals surface area contributed by atoms with Gasteiger partial charge in [0.15, 0.2) is 0 Å². The van der Waals surface area contributed by atoms with Gasteiger partial charge < -0.3 is 31.9 Å². The smallest absolute Gasteiger partial charge is 0.222 e. The van der Waals surface area contributed by atoms with E-state index in [1.54, 1.807) is 6.07 Å². The first kappa shape index (κ1) is 43.6. The van der Waals surface area contributed by atoms with Gasteiger partial charge in [0.05, 0.1) is 18.3 Å². The van der Waals surface area contributed by atoms with Gasteiger partial charge in [0, 0.05) is 67.3 Å². The van der Waals surface area contributed by atoms with Crippen LogP contribution in [0.2, 0.25) is 10.0 Å². The molecule has 5 aliphatic rings. The number of rotatable bonds is 6. The molecule has 4 fully saturated rings. The largest absolute Gasteiger partial charge is 0.392 e. The zero-order valence-electron chi connectivity index (χ0n) is 30.2. The number of amidine groups is 1. The molecule has 0 bridgehead atoms. The van der Waals surface area contributed by atoms with Crippen LogP contribution in [0.25, 0.3) is 0 Å². The van der Waals surface area contributed by atoms with Gasteiger partial charge in [0.1, 0.15) is 12.4 Å².